The van der Waals surface area contributed by atoms with E-state index in [9.17, 15) is 9.59 Å². The number of nitrogens with zero attached hydrogens (tertiary/aromatic N) is 1. The molecule has 3 amide bonds. The molecule has 1 fully saturated rings. The highest BCUT2D eigenvalue weighted by Gasteiger charge is 2.23. The number of methoxy groups -OCH3 is 1. The number of hydrogen-bond acceptors (Lipinski definition) is 3. The van der Waals surface area contributed by atoms with Crippen molar-refractivity contribution in [1.29, 1.82) is 0 Å². The quantitative estimate of drug-likeness (QED) is 0.787. The maximum atomic E-state index is 12.6. The van der Waals surface area contributed by atoms with E-state index in [1.54, 1.807) is 31.4 Å². The SMILES string of the molecule is COCCCNC(=O)Nc1ccc(C(=O)N2CCCC[C@@H]2C)cc1. The lowest BCUT2D eigenvalue weighted by molar-refractivity contribution is 0.0635. The Balaban J connectivity index is 1.86. The topological polar surface area (TPSA) is 70.7 Å². The molecule has 1 atom stereocenters. The molecule has 0 spiro atoms. The van der Waals surface area contributed by atoms with E-state index in [1.165, 1.54) is 6.42 Å². The number of piperidine rings is 1. The van der Waals surface area contributed by atoms with E-state index in [4.69, 9.17) is 4.74 Å². The van der Waals surface area contributed by atoms with E-state index >= 15 is 0 Å². The van der Waals surface area contributed by atoms with Crippen LogP contribution in [0.25, 0.3) is 0 Å². The molecule has 1 aromatic rings. The summed E-state index contributed by atoms with van der Waals surface area (Å²) in [6.07, 6.45) is 4.09. The molecular weight excluding hydrogens is 306 g/mol. The second-order valence-corrected chi connectivity index (χ2v) is 6.15. The molecule has 6 nitrogen and oxygen atoms in total. The molecular formula is C18H27N3O3. The van der Waals surface area contributed by atoms with Gasteiger partial charge in [0.25, 0.3) is 5.91 Å². The third kappa shape index (κ3) is 5.23. The van der Waals surface area contributed by atoms with Crippen molar-refractivity contribution in [2.45, 2.75) is 38.6 Å². The molecule has 0 aliphatic carbocycles. The molecule has 2 rings (SSSR count). The molecule has 0 radical (unpaired) electrons. The summed E-state index contributed by atoms with van der Waals surface area (Å²) in [5.74, 6) is 0.0674. The van der Waals surface area contributed by atoms with Crippen molar-refractivity contribution in [3.63, 3.8) is 0 Å². The number of nitrogens with one attached hydrogen (secondary N) is 2. The van der Waals surface area contributed by atoms with Crippen molar-refractivity contribution in [3.05, 3.63) is 29.8 Å². The largest absolute Gasteiger partial charge is 0.385 e. The first-order chi connectivity index (χ1) is 11.6. The summed E-state index contributed by atoms with van der Waals surface area (Å²) in [6.45, 7) is 4.10. The van der Waals surface area contributed by atoms with Crippen LogP contribution in [0.3, 0.4) is 0 Å². The van der Waals surface area contributed by atoms with E-state index in [0.29, 0.717) is 30.4 Å². The highest BCUT2D eigenvalue weighted by atomic mass is 16.5. The van der Waals surface area contributed by atoms with Crippen LogP contribution in [0.1, 0.15) is 43.0 Å². The smallest absolute Gasteiger partial charge is 0.319 e. The summed E-state index contributed by atoms with van der Waals surface area (Å²) in [6, 6.07) is 7.10. The Hall–Kier alpha value is -2.08. The fourth-order valence-electron chi connectivity index (χ4n) is 2.86. The van der Waals surface area contributed by atoms with Gasteiger partial charge in [0.05, 0.1) is 0 Å². The van der Waals surface area contributed by atoms with Crippen LogP contribution in [0.15, 0.2) is 24.3 Å². The van der Waals surface area contributed by atoms with Crippen LogP contribution in [0, 0.1) is 0 Å². The van der Waals surface area contributed by atoms with Crippen molar-refractivity contribution in [3.8, 4) is 0 Å². The maximum Gasteiger partial charge on any atom is 0.319 e. The lowest BCUT2D eigenvalue weighted by Gasteiger charge is -2.33. The first kappa shape index (κ1) is 18.3. The lowest BCUT2D eigenvalue weighted by atomic mass is 10.0. The number of hydrogen-bond donors (Lipinski definition) is 2. The van der Waals surface area contributed by atoms with Gasteiger partial charge in [-0.1, -0.05) is 0 Å². The van der Waals surface area contributed by atoms with Crippen LogP contribution in [0.4, 0.5) is 10.5 Å². The number of likely N-dealkylation sites (tertiary alicyclic amines) is 1. The molecule has 1 aliphatic heterocycles. The van der Waals surface area contributed by atoms with Gasteiger partial charge in [-0.05, 0) is 56.9 Å². The van der Waals surface area contributed by atoms with Crippen LogP contribution in [-0.2, 0) is 4.74 Å². The van der Waals surface area contributed by atoms with Crippen LogP contribution in [-0.4, -0.2) is 49.7 Å². The standard InChI is InChI=1S/C18H27N3O3/c1-14-6-3-4-12-21(14)17(22)15-7-9-16(10-8-15)20-18(23)19-11-5-13-24-2/h7-10,14H,3-6,11-13H2,1-2H3,(H2,19,20,23)/t14-/m0/s1. The average molecular weight is 333 g/mol. The van der Waals surface area contributed by atoms with Gasteiger partial charge in [0.15, 0.2) is 0 Å². The number of benzene rings is 1. The molecule has 24 heavy (non-hydrogen) atoms. The average Bonchev–Trinajstić information content (AvgIpc) is 2.59. The second kappa shape index (κ2) is 9.27. The molecule has 132 valence electrons. The number of carbonyl (C=O) groups is 2. The monoisotopic (exact) mass is 333 g/mol. The van der Waals surface area contributed by atoms with Crippen molar-refractivity contribution in [1.82, 2.24) is 10.2 Å². The number of amides is 3. The first-order valence-corrected chi connectivity index (χ1v) is 8.56. The Kier molecular flexibility index (Phi) is 7.06. The zero-order valence-corrected chi connectivity index (χ0v) is 14.5. The van der Waals surface area contributed by atoms with E-state index in [0.717, 1.165) is 25.8 Å². The van der Waals surface area contributed by atoms with E-state index < -0.39 is 0 Å². The first-order valence-electron chi connectivity index (χ1n) is 8.56. The van der Waals surface area contributed by atoms with E-state index in [1.807, 2.05) is 4.90 Å². The number of carbonyl (C=O) groups excluding carboxylic acids is 2. The predicted molar refractivity (Wildman–Crippen MR) is 94.3 cm³/mol. The Bertz CT molecular complexity index is 545. The van der Waals surface area contributed by atoms with Gasteiger partial charge in [0.2, 0.25) is 0 Å². The summed E-state index contributed by atoms with van der Waals surface area (Å²) in [5, 5.41) is 5.51. The molecule has 1 saturated heterocycles. The number of urea groups is 1. The normalized spacial score (nSPS) is 17.4. The summed E-state index contributed by atoms with van der Waals surface area (Å²) in [5.41, 5.74) is 1.33. The van der Waals surface area contributed by atoms with Gasteiger partial charge in [-0.3, -0.25) is 4.79 Å². The Labute approximate surface area is 143 Å². The van der Waals surface area contributed by atoms with Gasteiger partial charge < -0.3 is 20.3 Å². The van der Waals surface area contributed by atoms with Crippen molar-refractivity contribution in [2.75, 3.05) is 32.1 Å². The van der Waals surface area contributed by atoms with Crippen molar-refractivity contribution in [2.24, 2.45) is 0 Å². The minimum Gasteiger partial charge on any atom is -0.385 e. The third-order valence-electron chi connectivity index (χ3n) is 4.26. The molecule has 1 heterocycles. The number of ether oxygens (including phenoxy) is 1. The van der Waals surface area contributed by atoms with Gasteiger partial charge in [-0.2, -0.15) is 0 Å². The zero-order chi connectivity index (χ0) is 17.4. The summed E-state index contributed by atoms with van der Waals surface area (Å²) >= 11 is 0. The molecule has 0 bridgehead atoms. The second-order valence-electron chi connectivity index (χ2n) is 6.15. The van der Waals surface area contributed by atoms with Gasteiger partial charge >= 0.3 is 6.03 Å². The van der Waals surface area contributed by atoms with Crippen LogP contribution < -0.4 is 10.6 Å². The van der Waals surface area contributed by atoms with Gasteiger partial charge in [-0.25, -0.2) is 4.79 Å². The van der Waals surface area contributed by atoms with Crippen molar-refractivity contribution >= 4 is 17.6 Å². The molecule has 1 aromatic carbocycles. The summed E-state index contributed by atoms with van der Waals surface area (Å²) in [7, 11) is 1.63. The lowest BCUT2D eigenvalue weighted by Crippen LogP contribution is -2.42. The van der Waals surface area contributed by atoms with Gasteiger partial charge in [0.1, 0.15) is 0 Å². The molecule has 1 aliphatic rings. The third-order valence-corrected chi connectivity index (χ3v) is 4.26. The number of anilines is 1. The fourth-order valence-corrected chi connectivity index (χ4v) is 2.86. The molecule has 0 aromatic heterocycles. The minimum atomic E-state index is -0.255. The highest BCUT2D eigenvalue weighted by molar-refractivity contribution is 5.95. The van der Waals surface area contributed by atoms with E-state index in [-0.39, 0.29) is 11.9 Å². The Morgan fingerprint density at radius 1 is 1.25 bits per heavy atom. The van der Waals surface area contributed by atoms with Gasteiger partial charge in [-0.15, -0.1) is 0 Å². The summed E-state index contributed by atoms with van der Waals surface area (Å²) in [4.78, 5) is 26.2. The van der Waals surface area contributed by atoms with E-state index in [2.05, 4.69) is 17.6 Å². The molecule has 2 N–H and O–H groups in total. The van der Waals surface area contributed by atoms with Gasteiger partial charge in [0, 0.05) is 44.1 Å². The highest BCUT2D eigenvalue weighted by Crippen LogP contribution is 2.20. The molecule has 6 heteroatoms. The fraction of sp³-hybridized carbons (Fsp3) is 0.556. The number of rotatable bonds is 6. The van der Waals surface area contributed by atoms with Crippen molar-refractivity contribution < 1.29 is 14.3 Å². The minimum absolute atomic E-state index is 0.0674. The van der Waals surface area contributed by atoms with Crippen LogP contribution >= 0.6 is 0 Å². The Morgan fingerprint density at radius 2 is 2.00 bits per heavy atom. The van der Waals surface area contributed by atoms with Crippen LogP contribution in [0.2, 0.25) is 0 Å². The predicted octanol–water partition coefficient (Wildman–Crippen LogP) is 2.86. The molecule has 0 saturated carbocycles. The Morgan fingerprint density at radius 3 is 2.67 bits per heavy atom. The zero-order valence-electron chi connectivity index (χ0n) is 14.5. The molecule has 0 unspecified atom stereocenters. The maximum absolute atomic E-state index is 12.6. The summed E-state index contributed by atoms with van der Waals surface area (Å²) < 4.78 is 4.93. The van der Waals surface area contributed by atoms with Crippen LogP contribution in [0.5, 0.6) is 0 Å².